The SMILES string of the molecule is CNC(=O)c1cc(NC2CCCN(Cc3ccccc3)C2)ccc1Cl. The van der Waals surface area contributed by atoms with E-state index >= 15 is 0 Å². The summed E-state index contributed by atoms with van der Waals surface area (Å²) in [5.74, 6) is -0.164. The number of nitrogens with one attached hydrogen (secondary N) is 2. The molecule has 2 aromatic rings. The lowest BCUT2D eigenvalue weighted by Crippen LogP contribution is -2.41. The van der Waals surface area contributed by atoms with Crippen molar-refractivity contribution in [3.05, 3.63) is 64.7 Å². The molecule has 0 spiro atoms. The molecule has 1 fully saturated rings. The van der Waals surface area contributed by atoms with Gasteiger partial charge in [-0.25, -0.2) is 0 Å². The van der Waals surface area contributed by atoms with Crippen LogP contribution in [0.2, 0.25) is 5.02 Å². The van der Waals surface area contributed by atoms with Crippen LogP contribution in [-0.4, -0.2) is 37.0 Å². The van der Waals surface area contributed by atoms with Crippen LogP contribution in [0.1, 0.15) is 28.8 Å². The molecule has 0 aliphatic carbocycles. The van der Waals surface area contributed by atoms with E-state index in [0.717, 1.165) is 31.7 Å². The number of hydrogen-bond donors (Lipinski definition) is 2. The van der Waals surface area contributed by atoms with Gasteiger partial charge in [0.2, 0.25) is 0 Å². The number of rotatable bonds is 5. The van der Waals surface area contributed by atoms with Gasteiger partial charge < -0.3 is 10.6 Å². The normalized spacial score (nSPS) is 17.9. The summed E-state index contributed by atoms with van der Waals surface area (Å²) < 4.78 is 0. The van der Waals surface area contributed by atoms with E-state index in [-0.39, 0.29) is 5.91 Å². The first-order chi connectivity index (χ1) is 12.2. The number of likely N-dealkylation sites (tertiary alicyclic amines) is 1. The number of benzene rings is 2. The molecule has 0 aromatic heterocycles. The largest absolute Gasteiger partial charge is 0.381 e. The standard InChI is InChI=1S/C20H24ClN3O/c1-22-20(25)18-12-16(9-10-19(18)21)23-17-8-5-11-24(14-17)13-15-6-3-2-4-7-15/h2-4,6-7,9-10,12,17,23H,5,8,11,13-14H2,1H3,(H,22,25). The van der Waals surface area contributed by atoms with E-state index in [1.807, 2.05) is 12.1 Å². The summed E-state index contributed by atoms with van der Waals surface area (Å²) in [7, 11) is 1.61. The molecule has 2 N–H and O–H groups in total. The van der Waals surface area contributed by atoms with Gasteiger partial charge >= 0.3 is 0 Å². The van der Waals surface area contributed by atoms with Crippen LogP contribution in [0.25, 0.3) is 0 Å². The molecule has 1 amide bonds. The van der Waals surface area contributed by atoms with Gasteiger partial charge in [0, 0.05) is 31.9 Å². The lowest BCUT2D eigenvalue weighted by atomic mass is 10.0. The van der Waals surface area contributed by atoms with E-state index in [9.17, 15) is 4.79 Å². The van der Waals surface area contributed by atoms with Crippen molar-refractivity contribution in [2.24, 2.45) is 0 Å². The Morgan fingerprint density at radius 2 is 2.04 bits per heavy atom. The van der Waals surface area contributed by atoms with Crippen LogP contribution in [-0.2, 0) is 6.54 Å². The van der Waals surface area contributed by atoms with Gasteiger partial charge in [-0.15, -0.1) is 0 Å². The third kappa shape index (κ3) is 4.74. The monoisotopic (exact) mass is 357 g/mol. The summed E-state index contributed by atoms with van der Waals surface area (Å²) in [6.45, 7) is 3.09. The highest BCUT2D eigenvalue weighted by Crippen LogP contribution is 2.23. The number of halogens is 1. The van der Waals surface area contributed by atoms with E-state index in [4.69, 9.17) is 11.6 Å². The van der Waals surface area contributed by atoms with Gasteiger partial charge in [-0.2, -0.15) is 0 Å². The second-order valence-corrected chi connectivity index (χ2v) is 6.89. The van der Waals surface area contributed by atoms with E-state index in [1.165, 1.54) is 12.0 Å². The average molecular weight is 358 g/mol. The number of carbonyl (C=O) groups excluding carboxylic acids is 1. The number of carbonyl (C=O) groups is 1. The Balaban J connectivity index is 1.63. The summed E-state index contributed by atoms with van der Waals surface area (Å²) in [6.07, 6.45) is 2.30. The van der Waals surface area contributed by atoms with Crippen molar-refractivity contribution >= 4 is 23.2 Å². The zero-order valence-corrected chi connectivity index (χ0v) is 15.2. The van der Waals surface area contributed by atoms with Crippen molar-refractivity contribution in [2.75, 3.05) is 25.5 Å². The highest BCUT2D eigenvalue weighted by Gasteiger charge is 2.20. The number of amides is 1. The first-order valence-corrected chi connectivity index (χ1v) is 9.08. The molecule has 2 aromatic carbocycles. The molecule has 1 aliphatic rings. The Morgan fingerprint density at radius 1 is 1.24 bits per heavy atom. The van der Waals surface area contributed by atoms with Crippen molar-refractivity contribution in [1.29, 1.82) is 0 Å². The number of hydrogen-bond acceptors (Lipinski definition) is 3. The molecule has 25 heavy (non-hydrogen) atoms. The Hall–Kier alpha value is -2.04. The minimum Gasteiger partial charge on any atom is -0.381 e. The van der Waals surface area contributed by atoms with Gasteiger partial charge in [0.1, 0.15) is 0 Å². The van der Waals surface area contributed by atoms with Crippen LogP contribution in [0, 0.1) is 0 Å². The molecule has 4 nitrogen and oxygen atoms in total. The lowest BCUT2D eigenvalue weighted by molar-refractivity contribution is 0.0963. The van der Waals surface area contributed by atoms with Crippen LogP contribution >= 0.6 is 11.6 Å². The third-order valence-corrected chi connectivity index (χ3v) is 4.89. The maximum absolute atomic E-state index is 11.9. The van der Waals surface area contributed by atoms with Crippen LogP contribution < -0.4 is 10.6 Å². The number of nitrogens with zero attached hydrogens (tertiary/aromatic N) is 1. The Bertz CT molecular complexity index is 720. The van der Waals surface area contributed by atoms with Gasteiger partial charge in [0.15, 0.2) is 0 Å². The zero-order chi connectivity index (χ0) is 17.6. The molecule has 1 saturated heterocycles. The molecule has 0 bridgehead atoms. The number of anilines is 1. The van der Waals surface area contributed by atoms with Gasteiger partial charge in [-0.1, -0.05) is 41.9 Å². The minimum absolute atomic E-state index is 0.164. The van der Waals surface area contributed by atoms with Crippen LogP contribution in [0.3, 0.4) is 0 Å². The zero-order valence-electron chi connectivity index (χ0n) is 14.5. The fourth-order valence-corrected chi connectivity index (χ4v) is 3.52. The molecule has 5 heteroatoms. The molecular formula is C20H24ClN3O. The molecular weight excluding hydrogens is 334 g/mol. The summed E-state index contributed by atoms with van der Waals surface area (Å²) in [4.78, 5) is 14.4. The Morgan fingerprint density at radius 3 is 2.80 bits per heavy atom. The van der Waals surface area contributed by atoms with Crippen molar-refractivity contribution in [3.63, 3.8) is 0 Å². The highest BCUT2D eigenvalue weighted by molar-refractivity contribution is 6.34. The molecule has 0 saturated carbocycles. The second-order valence-electron chi connectivity index (χ2n) is 6.48. The van der Waals surface area contributed by atoms with Crippen molar-refractivity contribution < 1.29 is 4.79 Å². The molecule has 0 radical (unpaired) electrons. The first kappa shape index (κ1) is 17.8. The van der Waals surface area contributed by atoms with Gasteiger partial charge in [-0.3, -0.25) is 9.69 Å². The fraction of sp³-hybridized carbons (Fsp3) is 0.350. The lowest BCUT2D eigenvalue weighted by Gasteiger charge is -2.33. The van der Waals surface area contributed by atoms with Gasteiger partial charge in [-0.05, 0) is 43.1 Å². The van der Waals surface area contributed by atoms with Gasteiger partial charge in [0.05, 0.1) is 10.6 Å². The maximum atomic E-state index is 11.9. The van der Waals surface area contributed by atoms with Crippen molar-refractivity contribution in [2.45, 2.75) is 25.4 Å². The number of piperidine rings is 1. The van der Waals surface area contributed by atoms with Crippen LogP contribution in [0.4, 0.5) is 5.69 Å². The Labute approximate surface area is 154 Å². The molecule has 1 unspecified atom stereocenters. The predicted molar refractivity (Wildman–Crippen MR) is 103 cm³/mol. The molecule has 3 rings (SSSR count). The fourth-order valence-electron chi connectivity index (χ4n) is 3.32. The van der Waals surface area contributed by atoms with Crippen molar-refractivity contribution in [1.82, 2.24) is 10.2 Å². The summed E-state index contributed by atoms with van der Waals surface area (Å²) in [5, 5.41) is 6.66. The van der Waals surface area contributed by atoms with Crippen molar-refractivity contribution in [3.8, 4) is 0 Å². The molecule has 1 aliphatic heterocycles. The van der Waals surface area contributed by atoms with Crippen LogP contribution in [0.5, 0.6) is 0 Å². The van der Waals surface area contributed by atoms with E-state index in [1.54, 1.807) is 13.1 Å². The topological polar surface area (TPSA) is 44.4 Å². The maximum Gasteiger partial charge on any atom is 0.252 e. The molecule has 1 atom stereocenters. The highest BCUT2D eigenvalue weighted by atomic mass is 35.5. The Kier molecular flexibility index (Phi) is 5.95. The van der Waals surface area contributed by atoms with E-state index < -0.39 is 0 Å². The third-order valence-electron chi connectivity index (χ3n) is 4.56. The summed E-state index contributed by atoms with van der Waals surface area (Å²) >= 11 is 6.13. The molecule has 1 heterocycles. The summed E-state index contributed by atoms with van der Waals surface area (Å²) in [6, 6.07) is 16.5. The first-order valence-electron chi connectivity index (χ1n) is 8.70. The smallest absolute Gasteiger partial charge is 0.252 e. The van der Waals surface area contributed by atoms with E-state index in [0.29, 0.717) is 16.6 Å². The minimum atomic E-state index is -0.164. The predicted octanol–water partition coefficient (Wildman–Crippen LogP) is 3.78. The van der Waals surface area contributed by atoms with E-state index in [2.05, 4.69) is 45.9 Å². The molecule has 132 valence electrons. The average Bonchev–Trinajstić information content (AvgIpc) is 2.64. The van der Waals surface area contributed by atoms with Crippen LogP contribution in [0.15, 0.2) is 48.5 Å². The quantitative estimate of drug-likeness (QED) is 0.856. The van der Waals surface area contributed by atoms with Gasteiger partial charge in [0.25, 0.3) is 5.91 Å². The summed E-state index contributed by atoms with van der Waals surface area (Å²) in [5.41, 5.74) is 2.79. The second kappa shape index (κ2) is 8.37.